The van der Waals surface area contributed by atoms with Crippen LogP contribution in [0.3, 0.4) is 0 Å². The zero-order valence-electron chi connectivity index (χ0n) is 10.6. The lowest BCUT2D eigenvalue weighted by molar-refractivity contribution is 0.0923. The van der Waals surface area contributed by atoms with Gasteiger partial charge in [-0.3, -0.25) is 0 Å². The Kier molecular flexibility index (Phi) is 5.86. The fourth-order valence-corrected chi connectivity index (χ4v) is 4.71. The molecule has 0 radical (unpaired) electrons. The van der Waals surface area contributed by atoms with Crippen molar-refractivity contribution in [3.63, 3.8) is 0 Å². The van der Waals surface area contributed by atoms with Crippen LogP contribution in [0.5, 0.6) is 5.75 Å². The molecule has 0 amide bonds. The summed E-state index contributed by atoms with van der Waals surface area (Å²) in [4.78, 5) is 0. The van der Waals surface area contributed by atoms with E-state index in [4.69, 9.17) is 5.73 Å². The van der Waals surface area contributed by atoms with Gasteiger partial charge < -0.3 is 15.9 Å². The van der Waals surface area contributed by atoms with Crippen LogP contribution in [0.4, 0.5) is 0 Å². The Labute approximate surface area is 132 Å². The first-order chi connectivity index (χ1) is 8.78. The van der Waals surface area contributed by atoms with Gasteiger partial charge in [0, 0.05) is 12.0 Å². The third-order valence-electron chi connectivity index (χ3n) is 3.35. The number of rotatable bonds is 2. The Morgan fingerprint density at radius 2 is 2.00 bits per heavy atom. The first-order valence-electron chi connectivity index (χ1n) is 5.90. The number of aliphatic hydroxyl groups is 1. The maximum Gasteiger partial charge on any atom is 0.152 e. The van der Waals surface area contributed by atoms with Crippen molar-refractivity contribution in [3.05, 3.63) is 28.2 Å². The molecule has 0 spiro atoms. The van der Waals surface area contributed by atoms with Crippen LogP contribution in [-0.4, -0.2) is 42.3 Å². The summed E-state index contributed by atoms with van der Waals surface area (Å²) >= 11 is 3.20. The van der Waals surface area contributed by atoms with E-state index in [2.05, 4.69) is 15.9 Å². The third kappa shape index (κ3) is 4.08. The Balaban J connectivity index is 0.00000200. The van der Waals surface area contributed by atoms with Gasteiger partial charge in [0.05, 0.1) is 22.1 Å². The number of hydrogen-bond donors (Lipinski definition) is 3. The second-order valence-electron chi connectivity index (χ2n) is 4.98. The molecule has 1 aliphatic rings. The highest BCUT2D eigenvalue weighted by Crippen LogP contribution is 2.28. The number of sulfone groups is 1. The highest BCUT2D eigenvalue weighted by atomic mass is 79.9. The number of benzene rings is 1. The minimum Gasteiger partial charge on any atom is -0.507 e. The van der Waals surface area contributed by atoms with Crippen LogP contribution >= 0.6 is 28.3 Å². The summed E-state index contributed by atoms with van der Waals surface area (Å²) in [7, 11) is -3.20. The van der Waals surface area contributed by atoms with E-state index in [0.717, 1.165) is 5.56 Å². The second-order valence-corrected chi connectivity index (χ2v) is 7.99. The van der Waals surface area contributed by atoms with Crippen molar-refractivity contribution in [1.82, 2.24) is 0 Å². The molecule has 2 rings (SSSR count). The van der Waals surface area contributed by atoms with Gasteiger partial charge in [-0.05, 0) is 40.0 Å². The number of halogens is 2. The van der Waals surface area contributed by atoms with Crippen molar-refractivity contribution in [3.8, 4) is 5.75 Å². The van der Waals surface area contributed by atoms with E-state index in [1.807, 2.05) is 0 Å². The number of aliphatic hydroxyl groups excluding tert-OH is 1. The maximum absolute atomic E-state index is 11.7. The molecule has 1 fully saturated rings. The summed E-state index contributed by atoms with van der Waals surface area (Å²) < 4.78 is 23.9. The van der Waals surface area contributed by atoms with E-state index in [-0.39, 0.29) is 29.7 Å². The smallest absolute Gasteiger partial charge is 0.152 e. The second kappa shape index (κ2) is 6.62. The molecule has 1 aromatic rings. The number of phenols is 1. The Morgan fingerprint density at radius 3 is 2.60 bits per heavy atom. The first kappa shape index (κ1) is 17.7. The molecule has 0 saturated carbocycles. The zero-order valence-corrected chi connectivity index (χ0v) is 13.8. The molecule has 0 unspecified atom stereocenters. The molecule has 8 heteroatoms. The summed E-state index contributed by atoms with van der Waals surface area (Å²) in [5.41, 5.74) is 6.52. The lowest BCUT2D eigenvalue weighted by Crippen LogP contribution is -2.52. The van der Waals surface area contributed by atoms with Crippen LogP contribution in [0, 0.1) is 5.92 Å². The molecule has 5 nitrogen and oxygen atoms in total. The van der Waals surface area contributed by atoms with E-state index in [9.17, 15) is 18.6 Å². The summed E-state index contributed by atoms with van der Waals surface area (Å²) in [6, 6.07) is 4.22. The van der Waals surface area contributed by atoms with Gasteiger partial charge in [0.2, 0.25) is 0 Å². The van der Waals surface area contributed by atoms with Gasteiger partial charge in [-0.15, -0.1) is 12.4 Å². The minimum absolute atomic E-state index is 0. The van der Waals surface area contributed by atoms with Crippen LogP contribution in [0.1, 0.15) is 5.56 Å². The Hall–Kier alpha value is -0.340. The number of nitrogens with two attached hydrogens (primary N) is 1. The van der Waals surface area contributed by atoms with Gasteiger partial charge in [-0.1, -0.05) is 6.07 Å². The summed E-state index contributed by atoms with van der Waals surface area (Å²) in [5, 5.41) is 19.4. The molecular formula is C12H17BrClNO4S. The lowest BCUT2D eigenvalue weighted by atomic mass is 9.92. The van der Waals surface area contributed by atoms with Crippen LogP contribution < -0.4 is 5.73 Å². The lowest BCUT2D eigenvalue weighted by Gasteiger charge is -2.32. The molecule has 1 saturated heterocycles. The molecule has 1 heterocycles. The van der Waals surface area contributed by atoms with E-state index < -0.39 is 27.9 Å². The summed E-state index contributed by atoms with van der Waals surface area (Å²) in [6.45, 7) is 0. The van der Waals surface area contributed by atoms with E-state index in [0.29, 0.717) is 10.9 Å². The first-order valence-corrected chi connectivity index (χ1v) is 8.51. The van der Waals surface area contributed by atoms with E-state index in [1.165, 1.54) is 6.07 Å². The summed E-state index contributed by atoms with van der Waals surface area (Å²) in [5.74, 6) is -0.507. The standard InChI is InChI=1S/C12H16BrNO4S.ClH/c13-9-4-7(1-2-11(9)15)3-8-5-19(17,18)6-10(14)12(8)16;/h1-2,4,8,10,12,15-16H,3,5-6,14H2;1H/t8-,10+,12+;/m1./s1. The molecule has 0 bridgehead atoms. The van der Waals surface area contributed by atoms with Gasteiger partial charge >= 0.3 is 0 Å². The average Bonchev–Trinajstić information content (AvgIpc) is 2.29. The number of phenolic OH excluding ortho intramolecular Hbond substituents is 1. The molecule has 4 N–H and O–H groups in total. The quantitative estimate of drug-likeness (QED) is 0.699. The monoisotopic (exact) mass is 385 g/mol. The molecule has 20 heavy (non-hydrogen) atoms. The highest BCUT2D eigenvalue weighted by Gasteiger charge is 2.37. The van der Waals surface area contributed by atoms with Gasteiger partial charge in [0.1, 0.15) is 5.75 Å². The van der Waals surface area contributed by atoms with Crippen molar-refractivity contribution in [2.45, 2.75) is 18.6 Å². The van der Waals surface area contributed by atoms with Crippen LogP contribution in [0.15, 0.2) is 22.7 Å². The van der Waals surface area contributed by atoms with Crippen molar-refractivity contribution < 1.29 is 18.6 Å². The van der Waals surface area contributed by atoms with Crippen LogP contribution in [0.2, 0.25) is 0 Å². The van der Waals surface area contributed by atoms with Crippen molar-refractivity contribution >= 4 is 38.2 Å². The molecular weight excluding hydrogens is 370 g/mol. The van der Waals surface area contributed by atoms with Crippen molar-refractivity contribution in [2.75, 3.05) is 11.5 Å². The SMILES string of the molecule is Cl.N[C@H]1CS(=O)(=O)C[C@@H](Cc2ccc(O)c(Br)c2)[C@@H]1O. The fourth-order valence-electron chi connectivity index (χ4n) is 2.39. The molecule has 3 atom stereocenters. The minimum atomic E-state index is -3.20. The van der Waals surface area contributed by atoms with E-state index in [1.54, 1.807) is 12.1 Å². The van der Waals surface area contributed by atoms with Crippen LogP contribution in [0.25, 0.3) is 0 Å². The molecule has 1 aliphatic heterocycles. The Morgan fingerprint density at radius 1 is 1.35 bits per heavy atom. The van der Waals surface area contributed by atoms with Crippen LogP contribution in [-0.2, 0) is 16.3 Å². The van der Waals surface area contributed by atoms with Crippen molar-refractivity contribution in [2.24, 2.45) is 11.7 Å². The normalized spacial score (nSPS) is 28.6. The predicted molar refractivity (Wildman–Crippen MR) is 82.9 cm³/mol. The summed E-state index contributed by atoms with van der Waals surface area (Å²) in [6.07, 6.45) is -0.413. The van der Waals surface area contributed by atoms with Gasteiger partial charge in [0.25, 0.3) is 0 Å². The van der Waals surface area contributed by atoms with E-state index >= 15 is 0 Å². The van der Waals surface area contributed by atoms with Crippen molar-refractivity contribution in [1.29, 1.82) is 0 Å². The largest absolute Gasteiger partial charge is 0.507 e. The van der Waals surface area contributed by atoms with Gasteiger partial charge in [-0.2, -0.15) is 0 Å². The zero-order chi connectivity index (χ0) is 14.2. The molecule has 0 aliphatic carbocycles. The molecule has 114 valence electrons. The highest BCUT2D eigenvalue weighted by molar-refractivity contribution is 9.10. The maximum atomic E-state index is 11.7. The number of hydrogen-bond acceptors (Lipinski definition) is 5. The Bertz CT molecular complexity index is 581. The van der Waals surface area contributed by atoms with Gasteiger partial charge in [0.15, 0.2) is 9.84 Å². The molecule has 0 aromatic heterocycles. The van der Waals surface area contributed by atoms with Gasteiger partial charge in [-0.25, -0.2) is 8.42 Å². The fraction of sp³-hybridized carbons (Fsp3) is 0.500. The number of aromatic hydroxyl groups is 1. The third-order valence-corrected chi connectivity index (χ3v) is 5.81. The average molecular weight is 387 g/mol. The topological polar surface area (TPSA) is 101 Å². The predicted octanol–water partition coefficient (Wildman–Crippen LogP) is 0.852. The molecule has 1 aromatic carbocycles.